The van der Waals surface area contributed by atoms with Crippen molar-refractivity contribution in [1.29, 1.82) is 0 Å². The van der Waals surface area contributed by atoms with Crippen molar-refractivity contribution >= 4 is 29.7 Å². The number of carbonyl (C=O) groups excluding carboxylic acids is 1. The molecule has 1 aromatic carbocycles. The van der Waals surface area contributed by atoms with Crippen molar-refractivity contribution in [2.75, 3.05) is 19.9 Å². The number of hydrogen-bond donors (Lipinski definition) is 2. The Labute approximate surface area is 151 Å². The van der Waals surface area contributed by atoms with Crippen LogP contribution in [-0.2, 0) is 0 Å². The lowest BCUT2D eigenvalue weighted by atomic mass is 10.2. The SMILES string of the molecule is CCN[C@H](C)CNC(=O)c1cnc(-c2ccc3c(c2)OCO3)s1.Cl. The van der Waals surface area contributed by atoms with E-state index in [0.29, 0.717) is 17.2 Å². The number of likely N-dealkylation sites (N-methyl/N-ethyl adjacent to an activating group) is 1. The number of aromatic nitrogens is 1. The molecule has 0 unspecified atom stereocenters. The smallest absolute Gasteiger partial charge is 0.263 e. The molecule has 1 aliphatic rings. The van der Waals surface area contributed by atoms with Crippen LogP contribution in [0, 0.1) is 0 Å². The van der Waals surface area contributed by atoms with E-state index in [1.54, 1.807) is 6.20 Å². The predicted molar refractivity (Wildman–Crippen MR) is 96.4 cm³/mol. The molecular formula is C16H20ClN3O3S. The molecule has 3 rings (SSSR count). The first-order valence-electron chi connectivity index (χ1n) is 7.54. The highest BCUT2D eigenvalue weighted by Gasteiger charge is 2.17. The van der Waals surface area contributed by atoms with Crippen LogP contribution in [0.3, 0.4) is 0 Å². The fraction of sp³-hybridized carbons (Fsp3) is 0.375. The van der Waals surface area contributed by atoms with Crippen LogP contribution >= 0.6 is 23.7 Å². The Hall–Kier alpha value is -1.83. The molecule has 6 nitrogen and oxygen atoms in total. The number of nitrogens with one attached hydrogen (secondary N) is 2. The summed E-state index contributed by atoms with van der Waals surface area (Å²) in [5.41, 5.74) is 0.916. The molecule has 0 saturated carbocycles. The molecule has 2 N–H and O–H groups in total. The van der Waals surface area contributed by atoms with Gasteiger partial charge >= 0.3 is 0 Å². The summed E-state index contributed by atoms with van der Waals surface area (Å²) in [6.07, 6.45) is 1.61. The zero-order chi connectivity index (χ0) is 16.2. The van der Waals surface area contributed by atoms with E-state index in [9.17, 15) is 4.79 Å². The van der Waals surface area contributed by atoms with E-state index in [0.717, 1.165) is 22.9 Å². The van der Waals surface area contributed by atoms with Crippen LogP contribution in [-0.4, -0.2) is 36.8 Å². The molecule has 24 heavy (non-hydrogen) atoms. The maximum atomic E-state index is 12.2. The molecule has 1 aromatic heterocycles. The molecule has 1 aliphatic heterocycles. The number of thiazole rings is 1. The van der Waals surface area contributed by atoms with Crippen molar-refractivity contribution in [3.05, 3.63) is 29.3 Å². The van der Waals surface area contributed by atoms with E-state index in [4.69, 9.17) is 9.47 Å². The molecule has 0 bridgehead atoms. The van der Waals surface area contributed by atoms with Crippen LogP contribution in [0.1, 0.15) is 23.5 Å². The third-order valence-electron chi connectivity index (χ3n) is 3.47. The molecule has 1 atom stereocenters. The number of nitrogens with zero attached hydrogens (tertiary/aromatic N) is 1. The number of carbonyl (C=O) groups is 1. The van der Waals surface area contributed by atoms with Gasteiger partial charge in [-0.15, -0.1) is 23.7 Å². The Kier molecular flexibility index (Phi) is 6.42. The number of amides is 1. The van der Waals surface area contributed by atoms with Crippen LogP contribution in [0.25, 0.3) is 10.6 Å². The Morgan fingerprint density at radius 1 is 1.38 bits per heavy atom. The summed E-state index contributed by atoms with van der Waals surface area (Å²) >= 11 is 1.36. The van der Waals surface area contributed by atoms with Gasteiger partial charge in [0, 0.05) is 18.2 Å². The molecule has 0 radical (unpaired) electrons. The average molecular weight is 370 g/mol. The lowest BCUT2D eigenvalue weighted by Crippen LogP contribution is -2.38. The normalized spacial score (nSPS) is 13.2. The lowest BCUT2D eigenvalue weighted by Gasteiger charge is -2.12. The molecular weight excluding hydrogens is 350 g/mol. The van der Waals surface area contributed by atoms with E-state index in [2.05, 4.69) is 15.6 Å². The number of benzene rings is 1. The summed E-state index contributed by atoms with van der Waals surface area (Å²) < 4.78 is 10.7. The van der Waals surface area contributed by atoms with E-state index >= 15 is 0 Å². The van der Waals surface area contributed by atoms with Gasteiger partial charge in [0.1, 0.15) is 9.88 Å². The van der Waals surface area contributed by atoms with Crippen LogP contribution < -0.4 is 20.1 Å². The number of halogens is 1. The van der Waals surface area contributed by atoms with Gasteiger partial charge in [-0.3, -0.25) is 4.79 Å². The first-order chi connectivity index (χ1) is 11.2. The van der Waals surface area contributed by atoms with Crippen LogP contribution in [0.5, 0.6) is 11.5 Å². The van der Waals surface area contributed by atoms with Gasteiger partial charge in [-0.05, 0) is 31.7 Å². The monoisotopic (exact) mass is 369 g/mol. The second-order valence-electron chi connectivity index (χ2n) is 5.27. The molecule has 8 heteroatoms. The minimum atomic E-state index is -0.0979. The molecule has 130 valence electrons. The van der Waals surface area contributed by atoms with Crippen molar-refractivity contribution in [1.82, 2.24) is 15.6 Å². The summed E-state index contributed by atoms with van der Waals surface area (Å²) in [4.78, 5) is 17.1. The highest BCUT2D eigenvalue weighted by Crippen LogP contribution is 2.36. The van der Waals surface area contributed by atoms with Crippen LogP contribution in [0.15, 0.2) is 24.4 Å². The quantitative estimate of drug-likeness (QED) is 0.819. The fourth-order valence-corrected chi connectivity index (χ4v) is 3.12. The van der Waals surface area contributed by atoms with Crippen LogP contribution in [0.2, 0.25) is 0 Å². The Morgan fingerprint density at radius 2 is 2.17 bits per heavy atom. The van der Waals surface area contributed by atoms with E-state index < -0.39 is 0 Å². The van der Waals surface area contributed by atoms with Gasteiger partial charge in [0.05, 0.1) is 6.20 Å². The van der Waals surface area contributed by atoms with Gasteiger partial charge in [-0.25, -0.2) is 4.98 Å². The minimum absolute atomic E-state index is 0. The zero-order valence-electron chi connectivity index (χ0n) is 13.5. The first kappa shape index (κ1) is 18.5. The molecule has 0 spiro atoms. The molecule has 2 heterocycles. The maximum absolute atomic E-state index is 12.2. The van der Waals surface area contributed by atoms with Gasteiger partial charge in [-0.1, -0.05) is 6.92 Å². The van der Waals surface area contributed by atoms with Crippen molar-refractivity contribution < 1.29 is 14.3 Å². The van der Waals surface area contributed by atoms with Crippen molar-refractivity contribution in [2.45, 2.75) is 19.9 Å². The molecule has 0 aliphatic carbocycles. The molecule has 0 saturated heterocycles. The highest BCUT2D eigenvalue weighted by molar-refractivity contribution is 7.16. The van der Waals surface area contributed by atoms with Gasteiger partial charge in [-0.2, -0.15) is 0 Å². The van der Waals surface area contributed by atoms with Crippen LogP contribution in [0.4, 0.5) is 0 Å². The minimum Gasteiger partial charge on any atom is -0.454 e. The fourth-order valence-electron chi connectivity index (χ4n) is 2.30. The zero-order valence-corrected chi connectivity index (χ0v) is 15.1. The van der Waals surface area contributed by atoms with Gasteiger partial charge in [0.15, 0.2) is 11.5 Å². The Balaban J connectivity index is 0.00000208. The average Bonchev–Trinajstić information content (AvgIpc) is 3.21. The maximum Gasteiger partial charge on any atom is 0.263 e. The summed E-state index contributed by atoms with van der Waals surface area (Å²) in [5, 5.41) is 6.95. The second kappa shape index (κ2) is 8.32. The molecule has 1 amide bonds. The van der Waals surface area contributed by atoms with Crippen molar-refractivity contribution in [2.24, 2.45) is 0 Å². The topological polar surface area (TPSA) is 72.5 Å². The number of ether oxygens (including phenoxy) is 2. The van der Waals surface area contributed by atoms with E-state index in [-0.39, 0.29) is 31.1 Å². The highest BCUT2D eigenvalue weighted by atomic mass is 35.5. The molecule has 2 aromatic rings. The Morgan fingerprint density at radius 3 is 2.96 bits per heavy atom. The third-order valence-corrected chi connectivity index (χ3v) is 4.52. The number of rotatable bonds is 6. The van der Waals surface area contributed by atoms with Crippen molar-refractivity contribution in [3.63, 3.8) is 0 Å². The molecule has 0 fully saturated rings. The Bertz CT molecular complexity index is 708. The first-order valence-corrected chi connectivity index (χ1v) is 8.36. The second-order valence-corrected chi connectivity index (χ2v) is 6.30. The standard InChI is InChI=1S/C16H19N3O3S.ClH/c1-3-17-10(2)7-18-15(20)14-8-19-16(23-14)11-4-5-12-13(6-11)22-9-21-12;/h4-6,8,10,17H,3,7,9H2,1-2H3,(H,18,20);1H/t10-;/m1./s1. The number of hydrogen-bond acceptors (Lipinski definition) is 6. The summed E-state index contributed by atoms with van der Waals surface area (Å²) in [7, 11) is 0. The summed E-state index contributed by atoms with van der Waals surface area (Å²) in [6.45, 7) is 5.79. The third kappa shape index (κ3) is 4.17. The lowest BCUT2D eigenvalue weighted by molar-refractivity contribution is 0.0954. The largest absolute Gasteiger partial charge is 0.454 e. The van der Waals surface area contributed by atoms with Gasteiger partial charge < -0.3 is 20.1 Å². The van der Waals surface area contributed by atoms with Gasteiger partial charge in [0.2, 0.25) is 6.79 Å². The van der Waals surface area contributed by atoms with Gasteiger partial charge in [0.25, 0.3) is 5.91 Å². The van der Waals surface area contributed by atoms with E-state index in [1.165, 1.54) is 11.3 Å². The number of fused-ring (bicyclic) bond motifs is 1. The van der Waals surface area contributed by atoms with E-state index in [1.807, 2.05) is 32.0 Å². The predicted octanol–water partition coefficient (Wildman–Crippen LogP) is 2.69. The summed E-state index contributed by atoms with van der Waals surface area (Å²) in [6, 6.07) is 5.90. The van der Waals surface area contributed by atoms with Crippen molar-refractivity contribution in [3.8, 4) is 22.1 Å². The summed E-state index contributed by atoms with van der Waals surface area (Å²) in [5.74, 6) is 1.35.